The molecule has 4 rings (SSSR count). The highest BCUT2D eigenvalue weighted by Gasteiger charge is 2.60. The van der Waals surface area contributed by atoms with E-state index < -0.39 is 60.7 Å². The van der Waals surface area contributed by atoms with E-state index in [1.807, 2.05) is 0 Å². The van der Waals surface area contributed by atoms with Gasteiger partial charge in [-0.15, -0.1) is 0 Å². The molecule has 2 heterocycles. The second kappa shape index (κ2) is 7.67. The number of nitrogens with one attached hydrogen (secondary N) is 1. The SMILES string of the molecule is NC1=N[C@](CF)(c2cc(NC(=O)c3ccc(Cl)cn3)ccc2F)[C@H]2CC(F)(F)C[C@H]2O1. The minimum atomic E-state index is -3.13. The largest absolute Gasteiger partial charge is 0.461 e. The van der Waals surface area contributed by atoms with Crippen LogP contribution in [0.3, 0.4) is 0 Å². The Hall–Kier alpha value is -2.88. The van der Waals surface area contributed by atoms with Crippen molar-refractivity contribution in [3.8, 4) is 0 Å². The number of aliphatic imine (C=N–C) groups is 1. The van der Waals surface area contributed by atoms with Gasteiger partial charge in [0.25, 0.3) is 17.9 Å². The molecule has 164 valence electrons. The summed E-state index contributed by atoms with van der Waals surface area (Å²) in [6.07, 6.45) is -1.23. The molecule has 2 aliphatic rings. The predicted molar refractivity (Wildman–Crippen MR) is 105 cm³/mol. The molecule has 0 radical (unpaired) electrons. The average Bonchev–Trinajstić information content (AvgIpc) is 3.03. The Morgan fingerprint density at radius 3 is 2.74 bits per heavy atom. The van der Waals surface area contributed by atoms with Gasteiger partial charge in [0.05, 0.1) is 5.02 Å². The van der Waals surface area contributed by atoms with E-state index in [2.05, 4.69) is 15.3 Å². The van der Waals surface area contributed by atoms with Crippen molar-refractivity contribution >= 4 is 29.2 Å². The van der Waals surface area contributed by atoms with Gasteiger partial charge in [0, 0.05) is 36.2 Å². The zero-order chi connectivity index (χ0) is 22.4. The summed E-state index contributed by atoms with van der Waals surface area (Å²) >= 11 is 5.75. The van der Waals surface area contributed by atoms with Crippen LogP contribution in [0.1, 0.15) is 28.9 Å². The lowest BCUT2D eigenvalue weighted by Gasteiger charge is -2.40. The number of benzene rings is 1. The Morgan fingerprint density at radius 2 is 2.06 bits per heavy atom. The van der Waals surface area contributed by atoms with Crippen LogP contribution in [0.15, 0.2) is 41.5 Å². The maximum Gasteiger partial charge on any atom is 0.283 e. The maximum absolute atomic E-state index is 14.8. The number of halogens is 5. The van der Waals surface area contributed by atoms with E-state index in [9.17, 15) is 22.4 Å². The molecular weight excluding hydrogens is 440 g/mol. The van der Waals surface area contributed by atoms with E-state index in [0.29, 0.717) is 5.02 Å². The van der Waals surface area contributed by atoms with Crippen LogP contribution in [-0.4, -0.2) is 35.6 Å². The number of anilines is 1. The lowest BCUT2D eigenvalue weighted by molar-refractivity contribution is -0.00299. The summed E-state index contributed by atoms with van der Waals surface area (Å²) in [7, 11) is 0. The van der Waals surface area contributed by atoms with Crippen molar-refractivity contribution < 1.29 is 27.1 Å². The van der Waals surface area contributed by atoms with Gasteiger partial charge in [-0.1, -0.05) is 11.6 Å². The Kier molecular flexibility index (Phi) is 5.28. The Balaban J connectivity index is 1.72. The van der Waals surface area contributed by atoms with Gasteiger partial charge >= 0.3 is 0 Å². The number of amidine groups is 1. The molecule has 6 nitrogen and oxygen atoms in total. The molecule has 1 aromatic carbocycles. The van der Waals surface area contributed by atoms with Crippen molar-refractivity contribution in [2.24, 2.45) is 16.6 Å². The Bertz CT molecular complexity index is 1050. The molecule has 1 amide bonds. The van der Waals surface area contributed by atoms with Gasteiger partial charge in [-0.3, -0.25) is 4.79 Å². The Morgan fingerprint density at radius 1 is 1.29 bits per heavy atom. The van der Waals surface area contributed by atoms with Crippen LogP contribution in [0.4, 0.5) is 23.2 Å². The van der Waals surface area contributed by atoms with Crippen LogP contribution < -0.4 is 11.1 Å². The molecule has 3 atom stereocenters. The molecule has 1 aromatic heterocycles. The second-order valence-corrected chi connectivity index (χ2v) is 7.98. The van der Waals surface area contributed by atoms with E-state index >= 15 is 0 Å². The monoisotopic (exact) mass is 456 g/mol. The lowest BCUT2D eigenvalue weighted by atomic mass is 9.76. The number of hydrogen-bond acceptors (Lipinski definition) is 5. The highest BCUT2D eigenvalue weighted by molar-refractivity contribution is 6.30. The molecule has 1 fully saturated rings. The number of pyridine rings is 1. The second-order valence-electron chi connectivity index (χ2n) is 7.55. The quantitative estimate of drug-likeness (QED) is 0.679. The third kappa shape index (κ3) is 3.91. The smallest absolute Gasteiger partial charge is 0.283 e. The first kappa shape index (κ1) is 21.4. The molecule has 1 saturated carbocycles. The lowest BCUT2D eigenvalue weighted by Crippen LogP contribution is -2.48. The van der Waals surface area contributed by atoms with Crippen LogP contribution in [0.2, 0.25) is 5.02 Å². The first-order chi connectivity index (χ1) is 14.6. The maximum atomic E-state index is 14.8. The third-order valence-corrected chi connectivity index (χ3v) is 5.74. The first-order valence-electron chi connectivity index (χ1n) is 9.32. The molecule has 0 spiro atoms. The number of alkyl halides is 3. The van der Waals surface area contributed by atoms with E-state index in [0.717, 1.165) is 6.07 Å². The predicted octanol–water partition coefficient (Wildman–Crippen LogP) is 4.05. The summed E-state index contributed by atoms with van der Waals surface area (Å²) in [4.78, 5) is 20.2. The number of amides is 1. The van der Waals surface area contributed by atoms with Crippen LogP contribution >= 0.6 is 11.6 Å². The fourth-order valence-corrected chi connectivity index (χ4v) is 4.25. The molecule has 2 aromatic rings. The van der Waals surface area contributed by atoms with Crippen LogP contribution in [-0.2, 0) is 10.3 Å². The van der Waals surface area contributed by atoms with Gasteiger partial charge in [0.1, 0.15) is 29.8 Å². The minimum absolute atomic E-state index is 0.0410. The van der Waals surface area contributed by atoms with Crippen LogP contribution in [0, 0.1) is 11.7 Å². The number of nitrogens with zero attached hydrogens (tertiary/aromatic N) is 2. The highest BCUT2D eigenvalue weighted by atomic mass is 35.5. The van der Waals surface area contributed by atoms with Crippen molar-refractivity contribution in [1.82, 2.24) is 4.98 Å². The average molecular weight is 457 g/mol. The summed E-state index contributed by atoms with van der Waals surface area (Å²) in [6, 6.07) is 5.79. The number of nitrogens with two attached hydrogens (primary N) is 1. The summed E-state index contributed by atoms with van der Waals surface area (Å²) in [5, 5.41) is 2.86. The van der Waals surface area contributed by atoms with Gasteiger partial charge < -0.3 is 15.8 Å². The van der Waals surface area contributed by atoms with Crippen molar-refractivity contribution in [3.05, 3.63) is 58.6 Å². The summed E-state index contributed by atoms with van der Waals surface area (Å²) in [5.41, 5.74) is 3.48. The number of rotatable bonds is 4. The van der Waals surface area contributed by atoms with Crippen molar-refractivity contribution in [1.29, 1.82) is 0 Å². The van der Waals surface area contributed by atoms with E-state index in [4.69, 9.17) is 22.1 Å². The van der Waals surface area contributed by atoms with Gasteiger partial charge in [-0.25, -0.2) is 27.5 Å². The van der Waals surface area contributed by atoms with Gasteiger partial charge in [0.15, 0.2) is 0 Å². The first-order valence-corrected chi connectivity index (χ1v) is 9.70. The van der Waals surface area contributed by atoms with Crippen LogP contribution in [0.5, 0.6) is 0 Å². The molecule has 3 N–H and O–H groups in total. The number of aromatic nitrogens is 1. The number of hydrogen-bond donors (Lipinski definition) is 2. The number of ether oxygens (including phenoxy) is 1. The summed E-state index contributed by atoms with van der Waals surface area (Å²) in [5.74, 6) is -5.76. The molecule has 0 bridgehead atoms. The summed E-state index contributed by atoms with van der Waals surface area (Å²) in [6.45, 7) is -1.28. The molecule has 1 aliphatic heterocycles. The molecule has 1 aliphatic carbocycles. The molecular formula is C20H17ClF4N4O2. The Labute approximate surface area is 179 Å². The van der Waals surface area contributed by atoms with Gasteiger partial charge in [0.2, 0.25) is 0 Å². The van der Waals surface area contributed by atoms with E-state index in [1.165, 1.54) is 30.5 Å². The third-order valence-electron chi connectivity index (χ3n) is 5.52. The normalized spacial score (nSPS) is 26.5. The van der Waals surface area contributed by atoms with Gasteiger partial charge in [-0.05, 0) is 30.3 Å². The van der Waals surface area contributed by atoms with Crippen molar-refractivity contribution in [3.63, 3.8) is 0 Å². The topological polar surface area (TPSA) is 89.6 Å². The minimum Gasteiger partial charge on any atom is -0.461 e. The number of fused-ring (bicyclic) bond motifs is 1. The summed E-state index contributed by atoms with van der Waals surface area (Å²) < 4.78 is 62.6. The van der Waals surface area contributed by atoms with E-state index in [1.54, 1.807) is 0 Å². The standard InChI is InChI=1S/C20H17ClF4N4O2/c21-10-1-4-15(27-8-10)17(30)28-11-2-3-14(23)12(5-11)20(9-22)13-6-19(24,25)7-16(13)31-18(26)29-20/h1-5,8,13,16H,6-7,9H2,(H2,26,29)(H,28,30)/t13-,16+,20+/m0/s1. The zero-order valence-electron chi connectivity index (χ0n) is 15.9. The number of carbonyl (C=O) groups is 1. The molecule has 0 unspecified atom stereocenters. The molecule has 11 heteroatoms. The van der Waals surface area contributed by atoms with Crippen LogP contribution in [0.25, 0.3) is 0 Å². The highest BCUT2D eigenvalue weighted by Crippen LogP contribution is 2.53. The fraction of sp³-hybridized carbons (Fsp3) is 0.350. The fourth-order valence-electron chi connectivity index (χ4n) is 4.14. The zero-order valence-corrected chi connectivity index (χ0v) is 16.7. The van der Waals surface area contributed by atoms with Crippen molar-refractivity contribution in [2.75, 3.05) is 12.0 Å². The molecule has 31 heavy (non-hydrogen) atoms. The van der Waals surface area contributed by atoms with E-state index in [-0.39, 0.29) is 16.9 Å². The number of carbonyl (C=O) groups excluding carboxylic acids is 1. The molecule has 0 saturated heterocycles. The van der Waals surface area contributed by atoms with Gasteiger partial charge in [-0.2, -0.15) is 0 Å². The van der Waals surface area contributed by atoms with Crippen molar-refractivity contribution in [2.45, 2.75) is 30.4 Å².